The number of aliphatic hydroxyl groups excluding tert-OH is 1. The third-order valence-electron chi connectivity index (χ3n) is 11.3. The van der Waals surface area contributed by atoms with Crippen LogP contribution in [0.5, 0.6) is 0 Å². The molecule has 0 saturated heterocycles. The fraction of sp³-hybridized carbons (Fsp3) is 0.326. The molecule has 0 aliphatic carbocycles. The molecule has 2 aliphatic rings. The Kier molecular flexibility index (Phi) is 7.01. The molecule has 0 amide bonds. The second-order valence-corrected chi connectivity index (χ2v) is 14.8. The lowest BCUT2D eigenvalue weighted by atomic mass is 9.79. The van der Waals surface area contributed by atoms with Gasteiger partial charge in [0.2, 0.25) is 5.69 Å². The third kappa shape index (κ3) is 4.10. The van der Waals surface area contributed by atoms with Gasteiger partial charge in [-0.2, -0.15) is 4.58 Å². The summed E-state index contributed by atoms with van der Waals surface area (Å²) in [6, 6.07) is 26.8. The number of para-hydroxylation sites is 2. The van der Waals surface area contributed by atoms with Gasteiger partial charge in [-0.15, -0.1) is 0 Å². The van der Waals surface area contributed by atoms with Crippen LogP contribution in [-0.4, -0.2) is 44.2 Å². The first-order valence-corrected chi connectivity index (χ1v) is 17.6. The van der Waals surface area contributed by atoms with Crippen LogP contribution in [-0.2, 0) is 24.9 Å². The summed E-state index contributed by atoms with van der Waals surface area (Å²) in [6.07, 6.45) is 8.80. The van der Waals surface area contributed by atoms with Crippen molar-refractivity contribution in [3.05, 3.63) is 108 Å². The number of rotatable bonds is 7. The minimum atomic E-state index is -0.226. The highest BCUT2D eigenvalue weighted by Crippen LogP contribution is 2.53. The van der Waals surface area contributed by atoms with Gasteiger partial charge in [0.15, 0.2) is 5.71 Å². The normalized spacial score (nSPS) is 17.8. The number of hydrogen-bond donors (Lipinski definition) is 1. The van der Waals surface area contributed by atoms with Crippen molar-refractivity contribution in [1.29, 1.82) is 0 Å². The van der Waals surface area contributed by atoms with E-state index in [1.165, 1.54) is 77.5 Å². The van der Waals surface area contributed by atoms with Crippen molar-refractivity contribution >= 4 is 60.7 Å². The molecule has 0 radical (unpaired) electrons. The van der Waals surface area contributed by atoms with Crippen LogP contribution < -0.4 is 4.90 Å². The Labute approximate surface area is 283 Å². The first kappa shape index (κ1) is 30.7. The van der Waals surface area contributed by atoms with Crippen LogP contribution in [0.25, 0.3) is 43.6 Å². The molecule has 1 N–H and O–H groups in total. The second kappa shape index (κ2) is 11.0. The number of anilines is 1. The van der Waals surface area contributed by atoms with Crippen LogP contribution in [0.15, 0.2) is 96.7 Å². The Bertz CT molecular complexity index is 2370. The lowest BCUT2D eigenvalue weighted by molar-refractivity contribution is -0.437. The van der Waals surface area contributed by atoms with E-state index in [1.807, 2.05) is 0 Å². The van der Waals surface area contributed by atoms with Crippen molar-refractivity contribution in [2.75, 3.05) is 24.6 Å². The maximum Gasteiger partial charge on any atom is 0.210 e. The average molecular weight is 636 g/mol. The summed E-state index contributed by atoms with van der Waals surface area (Å²) < 4.78 is 7.23. The van der Waals surface area contributed by atoms with Crippen LogP contribution >= 0.6 is 0 Å². The van der Waals surface area contributed by atoms with Crippen molar-refractivity contribution in [1.82, 2.24) is 9.13 Å². The molecule has 4 aromatic carbocycles. The topological polar surface area (TPSA) is 36.3 Å². The van der Waals surface area contributed by atoms with Crippen LogP contribution in [0.3, 0.4) is 0 Å². The summed E-state index contributed by atoms with van der Waals surface area (Å²) in [4.78, 5) is 2.46. The highest BCUT2D eigenvalue weighted by molar-refractivity contribution is 6.16. The van der Waals surface area contributed by atoms with Crippen molar-refractivity contribution < 1.29 is 9.68 Å². The molecule has 4 heterocycles. The Morgan fingerprint density at radius 1 is 0.729 bits per heavy atom. The maximum absolute atomic E-state index is 9.92. The van der Waals surface area contributed by atoms with E-state index in [0.717, 1.165) is 25.9 Å². The van der Waals surface area contributed by atoms with E-state index in [4.69, 9.17) is 0 Å². The molecule has 244 valence electrons. The zero-order valence-corrected chi connectivity index (χ0v) is 29.4. The molecule has 2 aliphatic heterocycles. The van der Waals surface area contributed by atoms with E-state index in [-0.39, 0.29) is 17.4 Å². The van der Waals surface area contributed by atoms with Gasteiger partial charge >= 0.3 is 0 Å². The Balaban J connectivity index is 1.28. The number of benzene rings is 4. The highest BCUT2D eigenvalue weighted by Gasteiger charge is 2.46. The van der Waals surface area contributed by atoms with Crippen molar-refractivity contribution in [3.8, 4) is 0 Å². The van der Waals surface area contributed by atoms with Gasteiger partial charge in [0.05, 0.1) is 5.41 Å². The molecule has 0 bridgehead atoms. The number of aliphatic hydroxyl groups is 1. The maximum atomic E-state index is 9.92. The second-order valence-electron chi connectivity index (χ2n) is 14.8. The van der Waals surface area contributed by atoms with Gasteiger partial charge in [-0.25, -0.2) is 0 Å². The van der Waals surface area contributed by atoms with E-state index in [2.05, 4.69) is 158 Å². The van der Waals surface area contributed by atoms with Crippen molar-refractivity contribution in [3.63, 3.8) is 0 Å². The number of aromatic nitrogens is 2. The molecule has 5 heteroatoms. The fourth-order valence-corrected chi connectivity index (χ4v) is 9.15. The molecule has 0 fully saturated rings. The third-order valence-corrected chi connectivity index (χ3v) is 11.3. The molecular formula is C43H47N4O+. The zero-order chi connectivity index (χ0) is 33.5. The van der Waals surface area contributed by atoms with Crippen LogP contribution in [0.1, 0.15) is 58.6 Å². The first-order valence-electron chi connectivity index (χ1n) is 17.6. The standard InChI is InChI=1S/C43H47N4O/c1-8-25-46-34-23-21-32-38(28-15-9-11-17-30(28)44(32)6)40(34)42(2,3)36(46)19-13-20-37-43(4,5)41-35(47(37)26-14-27-48)24-22-33-39(41)29-16-10-12-18-31(29)45(33)7/h9-13,15-24,48H,8,14,25-27H2,1-7H3/q+1. The lowest BCUT2D eigenvalue weighted by Crippen LogP contribution is -2.28. The number of allylic oxidation sites excluding steroid dienone is 4. The van der Waals surface area contributed by atoms with Crippen LogP contribution in [0.2, 0.25) is 0 Å². The van der Waals surface area contributed by atoms with E-state index >= 15 is 0 Å². The molecule has 6 aromatic rings. The number of aryl methyl sites for hydroxylation is 2. The molecule has 0 spiro atoms. The summed E-state index contributed by atoms with van der Waals surface area (Å²) in [5.41, 5.74) is 12.7. The summed E-state index contributed by atoms with van der Waals surface area (Å²) in [5.74, 6) is 0. The van der Waals surface area contributed by atoms with Gasteiger partial charge in [0, 0.05) is 112 Å². The molecule has 0 saturated carbocycles. The molecule has 48 heavy (non-hydrogen) atoms. The quantitative estimate of drug-likeness (QED) is 0.178. The molecule has 2 aromatic heterocycles. The van der Waals surface area contributed by atoms with Gasteiger partial charge < -0.3 is 19.1 Å². The largest absolute Gasteiger partial charge is 0.396 e. The Morgan fingerprint density at radius 3 is 1.96 bits per heavy atom. The Morgan fingerprint density at radius 2 is 1.33 bits per heavy atom. The monoisotopic (exact) mass is 635 g/mol. The van der Waals surface area contributed by atoms with E-state index in [1.54, 1.807) is 0 Å². The highest BCUT2D eigenvalue weighted by atomic mass is 16.3. The van der Waals surface area contributed by atoms with Crippen molar-refractivity contribution in [2.45, 2.75) is 58.3 Å². The van der Waals surface area contributed by atoms with E-state index in [9.17, 15) is 5.11 Å². The summed E-state index contributed by atoms with van der Waals surface area (Å²) in [6.45, 7) is 13.7. The number of nitrogens with zero attached hydrogens (tertiary/aromatic N) is 4. The van der Waals surface area contributed by atoms with Crippen molar-refractivity contribution in [2.24, 2.45) is 14.1 Å². The predicted octanol–water partition coefficient (Wildman–Crippen LogP) is 9.38. The number of fused-ring (bicyclic) bond motifs is 10. The van der Waals surface area contributed by atoms with Gasteiger partial charge in [-0.05, 0) is 62.2 Å². The molecule has 0 atom stereocenters. The number of hydrogen-bond acceptors (Lipinski definition) is 2. The minimum absolute atomic E-state index is 0.172. The zero-order valence-electron chi connectivity index (χ0n) is 29.4. The summed E-state index contributed by atoms with van der Waals surface area (Å²) in [5, 5.41) is 15.3. The van der Waals surface area contributed by atoms with E-state index < -0.39 is 0 Å². The summed E-state index contributed by atoms with van der Waals surface area (Å²) >= 11 is 0. The van der Waals surface area contributed by atoms with Crippen LogP contribution in [0, 0.1) is 0 Å². The van der Waals surface area contributed by atoms with E-state index in [0.29, 0.717) is 0 Å². The smallest absolute Gasteiger partial charge is 0.210 e. The van der Waals surface area contributed by atoms with Gasteiger partial charge in [-0.3, -0.25) is 0 Å². The molecular weight excluding hydrogens is 589 g/mol. The predicted molar refractivity (Wildman–Crippen MR) is 203 cm³/mol. The molecule has 5 nitrogen and oxygen atoms in total. The van der Waals surface area contributed by atoms with Gasteiger partial charge in [0.25, 0.3) is 0 Å². The SMILES string of the molecule is CCC[N+]1=C(/C=C/C=C2/N(CCCO)c3ccc4c(c3C2(C)C)c2ccccc2n4C)C(C)(C)c2c1ccc1c2c2ccccc2n1C. The molecule has 8 rings (SSSR count). The first-order chi connectivity index (χ1) is 23.1. The lowest BCUT2D eigenvalue weighted by Gasteiger charge is -2.27. The van der Waals surface area contributed by atoms with Gasteiger partial charge in [0.1, 0.15) is 6.54 Å². The summed E-state index contributed by atoms with van der Waals surface area (Å²) in [7, 11) is 4.37. The minimum Gasteiger partial charge on any atom is -0.396 e. The fourth-order valence-electron chi connectivity index (χ4n) is 9.15. The Hall–Kier alpha value is -4.61. The average Bonchev–Trinajstić information content (AvgIpc) is 3.69. The van der Waals surface area contributed by atoms with Crippen LogP contribution in [0.4, 0.5) is 11.4 Å². The molecule has 0 unspecified atom stereocenters. The van der Waals surface area contributed by atoms with Gasteiger partial charge in [-0.1, -0.05) is 63.2 Å².